The first kappa shape index (κ1) is 11.8. The number of aromatic nitrogens is 3. The van der Waals surface area contributed by atoms with E-state index in [-0.39, 0.29) is 0 Å². The summed E-state index contributed by atoms with van der Waals surface area (Å²) in [6.45, 7) is 4.51. The summed E-state index contributed by atoms with van der Waals surface area (Å²) in [7, 11) is 0. The second-order valence-electron chi connectivity index (χ2n) is 3.84. The van der Waals surface area contributed by atoms with E-state index in [9.17, 15) is 0 Å². The average Bonchev–Trinajstić information content (AvgIpc) is 2.71. The largest absolute Gasteiger partial charge is 0.262 e. The van der Waals surface area contributed by atoms with Gasteiger partial charge >= 0.3 is 0 Å². The lowest BCUT2D eigenvalue weighted by atomic mass is 10.3. The molecule has 16 heavy (non-hydrogen) atoms. The van der Waals surface area contributed by atoms with E-state index in [2.05, 4.69) is 35.1 Å². The summed E-state index contributed by atoms with van der Waals surface area (Å²) in [6, 6.07) is 2.07. The van der Waals surface area contributed by atoms with Gasteiger partial charge in [0.15, 0.2) is 5.82 Å². The number of H-pyrrole nitrogens is 1. The van der Waals surface area contributed by atoms with Crippen LogP contribution in [0.25, 0.3) is 0 Å². The quantitative estimate of drug-likeness (QED) is 0.876. The molecule has 1 fully saturated rings. The molecule has 4 nitrogen and oxygen atoms in total. The van der Waals surface area contributed by atoms with Crippen LogP contribution in [0.15, 0.2) is 0 Å². The zero-order chi connectivity index (χ0) is 11.5. The first-order valence-electron chi connectivity index (χ1n) is 5.26. The van der Waals surface area contributed by atoms with Crippen LogP contribution in [0.4, 0.5) is 0 Å². The van der Waals surface area contributed by atoms with E-state index in [1.54, 1.807) is 0 Å². The summed E-state index contributed by atoms with van der Waals surface area (Å²) in [4.78, 5) is 4.36. The second-order valence-corrected chi connectivity index (χ2v) is 6.84. The molecule has 0 saturated carbocycles. The molecule has 3 atom stereocenters. The monoisotopic (exact) mass is 254 g/mol. The zero-order valence-corrected chi connectivity index (χ0v) is 10.9. The molecule has 6 heteroatoms. The smallest absolute Gasteiger partial charge is 0.164 e. The third kappa shape index (κ3) is 2.53. The van der Waals surface area contributed by atoms with Crippen molar-refractivity contribution < 1.29 is 0 Å². The first-order chi connectivity index (χ1) is 7.70. The molecule has 1 N–H and O–H groups in total. The highest BCUT2D eigenvalue weighted by Gasteiger charge is 2.29. The van der Waals surface area contributed by atoms with E-state index in [4.69, 9.17) is 5.26 Å². The van der Waals surface area contributed by atoms with Gasteiger partial charge in [-0.1, -0.05) is 13.8 Å². The fraction of sp³-hybridized carbons (Fsp3) is 0.700. The summed E-state index contributed by atoms with van der Waals surface area (Å²) < 4.78 is 0. The molecule has 0 spiro atoms. The molecule has 86 valence electrons. The lowest BCUT2D eigenvalue weighted by molar-refractivity contribution is 0.863. The molecule has 1 aliphatic rings. The Kier molecular flexibility index (Phi) is 3.77. The number of nitrogens with one attached hydrogen (secondary N) is 1. The number of thioether (sulfide) groups is 2. The molecular weight excluding hydrogens is 240 g/mol. The van der Waals surface area contributed by atoms with Gasteiger partial charge in [-0.2, -0.15) is 22.1 Å². The minimum Gasteiger partial charge on any atom is -0.262 e. The Bertz CT molecular complexity index is 398. The summed E-state index contributed by atoms with van der Waals surface area (Å²) >= 11 is 3.90. The Morgan fingerprint density at radius 1 is 1.50 bits per heavy atom. The Hall–Kier alpha value is -0.670. The predicted octanol–water partition coefficient (Wildman–Crippen LogP) is 2.17. The van der Waals surface area contributed by atoms with Crippen LogP contribution in [0.2, 0.25) is 0 Å². The van der Waals surface area contributed by atoms with Crippen molar-refractivity contribution in [2.24, 2.45) is 0 Å². The van der Waals surface area contributed by atoms with E-state index in [0.717, 1.165) is 11.6 Å². The average molecular weight is 254 g/mol. The minimum absolute atomic E-state index is 0.309. The number of nitriles is 1. The lowest BCUT2D eigenvalue weighted by Gasteiger charge is -2.29. The van der Waals surface area contributed by atoms with Crippen molar-refractivity contribution >= 4 is 23.5 Å². The summed E-state index contributed by atoms with van der Waals surface area (Å²) in [5, 5.41) is 17.3. The van der Waals surface area contributed by atoms with Gasteiger partial charge in [-0.25, -0.2) is 4.98 Å². The maximum absolute atomic E-state index is 8.57. The molecule has 0 radical (unpaired) electrons. The van der Waals surface area contributed by atoms with Crippen LogP contribution in [0, 0.1) is 11.3 Å². The minimum atomic E-state index is 0.309. The van der Waals surface area contributed by atoms with Crippen molar-refractivity contribution in [1.82, 2.24) is 15.2 Å². The predicted molar refractivity (Wildman–Crippen MR) is 67.4 cm³/mol. The maximum atomic E-state index is 8.57. The Morgan fingerprint density at radius 3 is 3.00 bits per heavy atom. The van der Waals surface area contributed by atoms with Crippen LogP contribution in [0.1, 0.15) is 30.7 Å². The van der Waals surface area contributed by atoms with Gasteiger partial charge in [0.25, 0.3) is 0 Å². The van der Waals surface area contributed by atoms with Gasteiger partial charge < -0.3 is 0 Å². The Labute approximate surface area is 104 Å². The maximum Gasteiger partial charge on any atom is 0.164 e. The molecule has 0 aliphatic carbocycles. The molecule has 2 heterocycles. The third-order valence-corrected chi connectivity index (χ3v) is 6.02. The number of nitrogens with zero attached hydrogens (tertiary/aromatic N) is 3. The number of hydrogen-bond acceptors (Lipinski definition) is 5. The van der Waals surface area contributed by atoms with Crippen LogP contribution in [0.5, 0.6) is 0 Å². The molecule has 1 aromatic heterocycles. The van der Waals surface area contributed by atoms with E-state index in [1.165, 1.54) is 0 Å². The van der Waals surface area contributed by atoms with Crippen molar-refractivity contribution in [2.45, 2.75) is 36.0 Å². The standard InChI is InChI=1S/C10H14N4S2/c1-6-7(2)16-8(5-15-6)10-12-9(3-4-11)13-14-10/h6-8H,3,5H2,1-2H3,(H,12,13,14). The van der Waals surface area contributed by atoms with Gasteiger partial charge in [0.05, 0.1) is 17.7 Å². The van der Waals surface area contributed by atoms with Crippen LogP contribution < -0.4 is 0 Å². The van der Waals surface area contributed by atoms with Gasteiger partial charge in [-0.15, -0.1) is 11.8 Å². The lowest BCUT2D eigenvalue weighted by Crippen LogP contribution is -2.22. The van der Waals surface area contributed by atoms with Gasteiger partial charge in [0, 0.05) is 16.3 Å². The van der Waals surface area contributed by atoms with Crippen molar-refractivity contribution in [3.05, 3.63) is 11.6 Å². The van der Waals surface area contributed by atoms with Crippen molar-refractivity contribution in [1.29, 1.82) is 5.26 Å². The summed E-state index contributed by atoms with van der Waals surface area (Å²) in [6.07, 6.45) is 0.309. The van der Waals surface area contributed by atoms with Crippen LogP contribution in [0.3, 0.4) is 0 Å². The Balaban J connectivity index is 2.04. The molecule has 0 amide bonds. The highest BCUT2D eigenvalue weighted by Crippen LogP contribution is 2.43. The third-order valence-electron chi connectivity index (χ3n) is 2.63. The first-order valence-corrected chi connectivity index (χ1v) is 7.25. The van der Waals surface area contributed by atoms with E-state index in [0.29, 0.717) is 28.0 Å². The molecule has 0 aromatic carbocycles. The Morgan fingerprint density at radius 2 is 2.31 bits per heavy atom. The topological polar surface area (TPSA) is 65.4 Å². The highest BCUT2D eigenvalue weighted by atomic mass is 32.2. The van der Waals surface area contributed by atoms with Gasteiger partial charge in [-0.3, -0.25) is 5.10 Å². The molecule has 0 bridgehead atoms. The van der Waals surface area contributed by atoms with Gasteiger partial charge in [0.1, 0.15) is 5.82 Å². The summed E-state index contributed by atoms with van der Waals surface area (Å²) in [5.74, 6) is 2.58. The molecule has 1 saturated heterocycles. The van der Waals surface area contributed by atoms with Crippen LogP contribution >= 0.6 is 23.5 Å². The number of aromatic amines is 1. The molecule has 2 rings (SSSR count). The fourth-order valence-corrected chi connectivity index (χ4v) is 4.37. The highest BCUT2D eigenvalue weighted by molar-refractivity contribution is 8.07. The fourth-order valence-electron chi connectivity index (χ4n) is 1.53. The molecule has 1 aliphatic heterocycles. The van der Waals surface area contributed by atoms with E-state index < -0.39 is 0 Å². The van der Waals surface area contributed by atoms with E-state index in [1.807, 2.05) is 23.5 Å². The van der Waals surface area contributed by atoms with E-state index >= 15 is 0 Å². The van der Waals surface area contributed by atoms with Crippen molar-refractivity contribution in [3.63, 3.8) is 0 Å². The number of hydrogen-bond donors (Lipinski definition) is 1. The summed E-state index contributed by atoms with van der Waals surface area (Å²) in [5.41, 5.74) is 0. The van der Waals surface area contributed by atoms with Crippen LogP contribution in [-0.2, 0) is 6.42 Å². The molecular formula is C10H14N4S2. The normalized spacial score (nSPS) is 29.9. The van der Waals surface area contributed by atoms with Crippen LogP contribution in [-0.4, -0.2) is 31.4 Å². The van der Waals surface area contributed by atoms with Crippen molar-refractivity contribution in [3.8, 4) is 6.07 Å². The molecule has 1 aromatic rings. The SMILES string of the molecule is CC1SCC(c2n[nH]c(CC#N)n2)SC1C. The van der Waals surface area contributed by atoms with Gasteiger partial charge in [0.2, 0.25) is 0 Å². The van der Waals surface area contributed by atoms with Gasteiger partial charge in [-0.05, 0) is 0 Å². The zero-order valence-electron chi connectivity index (χ0n) is 9.30. The molecule has 3 unspecified atom stereocenters. The van der Waals surface area contributed by atoms with Crippen molar-refractivity contribution in [2.75, 3.05) is 5.75 Å². The number of rotatable bonds is 2. The second kappa shape index (κ2) is 5.11.